The van der Waals surface area contributed by atoms with Crippen molar-refractivity contribution in [3.8, 4) is 0 Å². The van der Waals surface area contributed by atoms with Crippen molar-refractivity contribution in [2.75, 3.05) is 19.7 Å². The Hall–Kier alpha value is -1.83. The molecule has 0 aliphatic carbocycles. The summed E-state index contributed by atoms with van der Waals surface area (Å²) in [5.41, 5.74) is 1.11. The number of aliphatic imine (C=N–C) groups is 1. The van der Waals surface area contributed by atoms with E-state index in [1.54, 1.807) is 18.3 Å². The van der Waals surface area contributed by atoms with Gasteiger partial charge in [0.05, 0.1) is 18.8 Å². The molecular weight excluding hydrogens is 362 g/mol. The van der Waals surface area contributed by atoms with Crippen LogP contribution in [-0.4, -0.2) is 42.8 Å². The zero-order valence-electron chi connectivity index (χ0n) is 17.5. The summed E-state index contributed by atoms with van der Waals surface area (Å²) < 4.78 is 5.00. The summed E-state index contributed by atoms with van der Waals surface area (Å²) in [5.74, 6) is 1.61. The number of hydrogen-bond donors (Lipinski definition) is 3. The first kappa shape index (κ1) is 23.2. The molecule has 1 amide bonds. The number of aromatic nitrogens is 1. The van der Waals surface area contributed by atoms with Gasteiger partial charge in [-0.3, -0.25) is 0 Å². The normalized spacial score (nSPS) is 13.0. The van der Waals surface area contributed by atoms with E-state index >= 15 is 0 Å². The van der Waals surface area contributed by atoms with Crippen LogP contribution >= 0.6 is 11.3 Å². The van der Waals surface area contributed by atoms with Gasteiger partial charge in [0.1, 0.15) is 5.01 Å². The number of hydrogen-bond acceptors (Lipinski definition) is 5. The van der Waals surface area contributed by atoms with E-state index in [9.17, 15) is 4.79 Å². The number of guanidine groups is 1. The molecule has 8 heteroatoms. The van der Waals surface area contributed by atoms with E-state index in [0.717, 1.165) is 29.6 Å². The van der Waals surface area contributed by atoms with Crippen LogP contribution in [0.1, 0.15) is 64.6 Å². The summed E-state index contributed by atoms with van der Waals surface area (Å²) in [6, 6.07) is -0.0275. The first-order valence-electron chi connectivity index (χ1n) is 9.75. The van der Waals surface area contributed by atoms with Gasteiger partial charge in [0.15, 0.2) is 5.96 Å². The molecule has 0 aromatic carbocycles. The lowest BCUT2D eigenvalue weighted by atomic mass is 10.0. The topological polar surface area (TPSA) is 87.6 Å². The third-order valence-electron chi connectivity index (χ3n) is 3.75. The minimum absolute atomic E-state index is 0.0275. The molecule has 7 nitrogen and oxygen atoms in total. The number of ether oxygens (including phenoxy) is 1. The third-order valence-corrected chi connectivity index (χ3v) is 4.60. The van der Waals surface area contributed by atoms with Gasteiger partial charge in [-0.25, -0.2) is 14.8 Å². The van der Waals surface area contributed by atoms with Crippen LogP contribution in [0.5, 0.6) is 0 Å². The molecule has 1 heterocycles. The van der Waals surface area contributed by atoms with Crippen molar-refractivity contribution in [1.82, 2.24) is 20.9 Å². The van der Waals surface area contributed by atoms with Crippen LogP contribution in [0, 0.1) is 5.92 Å². The number of rotatable bonds is 10. The summed E-state index contributed by atoms with van der Waals surface area (Å²) in [4.78, 5) is 21.0. The number of alkyl carbamates (subject to hydrolysis) is 1. The molecule has 1 aromatic rings. The monoisotopic (exact) mass is 397 g/mol. The predicted molar refractivity (Wildman–Crippen MR) is 112 cm³/mol. The second kappa shape index (κ2) is 12.5. The third kappa shape index (κ3) is 9.60. The van der Waals surface area contributed by atoms with E-state index in [4.69, 9.17) is 4.74 Å². The second-order valence-electron chi connectivity index (χ2n) is 7.09. The summed E-state index contributed by atoms with van der Waals surface area (Å²) in [5, 5.41) is 12.6. The zero-order chi connectivity index (χ0) is 20.2. The van der Waals surface area contributed by atoms with Crippen molar-refractivity contribution >= 4 is 23.4 Å². The molecule has 1 unspecified atom stereocenters. The van der Waals surface area contributed by atoms with Crippen LogP contribution in [-0.2, 0) is 11.3 Å². The molecule has 0 radical (unpaired) electrons. The maximum atomic E-state index is 11.8. The zero-order valence-corrected chi connectivity index (χ0v) is 18.3. The molecule has 0 spiro atoms. The van der Waals surface area contributed by atoms with Crippen LogP contribution in [0.25, 0.3) is 0 Å². The van der Waals surface area contributed by atoms with E-state index in [-0.39, 0.29) is 12.1 Å². The minimum Gasteiger partial charge on any atom is -0.450 e. The van der Waals surface area contributed by atoms with E-state index in [0.29, 0.717) is 31.5 Å². The summed E-state index contributed by atoms with van der Waals surface area (Å²) in [6.45, 7) is 14.6. The molecule has 3 N–H and O–H groups in total. The molecule has 1 aromatic heterocycles. The summed E-state index contributed by atoms with van der Waals surface area (Å²) in [6.07, 6.45) is 0.478. The standard InChI is InChI=1S/C19H35N5O2S/c1-7-20-18(22-11-17-24-16(12-27-17)14(5)6)21-10-15(9-13(3)4)23-19(25)26-8-2/h12-15H,7-11H2,1-6H3,(H,23,25)(H2,20,21,22). The predicted octanol–water partition coefficient (Wildman–Crippen LogP) is 3.48. The van der Waals surface area contributed by atoms with E-state index in [2.05, 4.69) is 59.0 Å². The number of carbonyl (C=O) groups is 1. The molecular formula is C19H35N5O2S. The molecule has 0 fully saturated rings. The summed E-state index contributed by atoms with van der Waals surface area (Å²) >= 11 is 1.64. The number of thiazole rings is 1. The first-order chi connectivity index (χ1) is 12.8. The maximum Gasteiger partial charge on any atom is 0.407 e. The van der Waals surface area contributed by atoms with E-state index in [1.165, 1.54) is 0 Å². The van der Waals surface area contributed by atoms with E-state index in [1.807, 2.05) is 6.92 Å². The molecule has 1 atom stereocenters. The van der Waals surface area contributed by atoms with Crippen LogP contribution in [0.4, 0.5) is 4.79 Å². The van der Waals surface area contributed by atoms with Crippen LogP contribution in [0.3, 0.4) is 0 Å². The van der Waals surface area contributed by atoms with Crippen molar-refractivity contribution in [1.29, 1.82) is 0 Å². The molecule has 0 bridgehead atoms. The van der Waals surface area contributed by atoms with Gasteiger partial charge >= 0.3 is 6.09 Å². The fraction of sp³-hybridized carbons (Fsp3) is 0.737. The Kier molecular flexibility index (Phi) is 10.8. The van der Waals surface area contributed by atoms with Crippen molar-refractivity contribution in [2.45, 2.75) is 66.5 Å². The van der Waals surface area contributed by atoms with Crippen molar-refractivity contribution in [2.24, 2.45) is 10.9 Å². The molecule has 1 rings (SSSR count). The Morgan fingerprint density at radius 1 is 1.26 bits per heavy atom. The quantitative estimate of drug-likeness (QED) is 0.415. The smallest absolute Gasteiger partial charge is 0.407 e. The Bertz CT molecular complexity index is 586. The highest BCUT2D eigenvalue weighted by Crippen LogP contribution is 2.18. The highest BCUT2D eigenvalue weighted by Gasteiger charge is 2.15. The summed E-state index contributed by atoms with van der Waals surface area (Å²) in [7, 11) is 0. The average Bonchev–Trinajstić information content (AvgIpc) is 3.06. The molecule has 0 aliphatic rings. The average molecular weight is 398 g/mol. The fourth-order valence-electron chi connectivity index (χ4n) is 2.47. The van der Waals surface area contributed by atoms with Gasteiger partial charge in [0.2, 0.25) is 0 Å². The number of amides is 1. The first-order valence-corrected chi connectivity index (χ1v) is 10.6. The van der Waals surface area contributed by atoms with Gasteiger partial charge in [-0.2, -0.15) is 0 Å². The second-order valence-corrected chi connectivity index (χ2v) is 8.03. The minimum atomic E-state index is -0.379. The Morgan fingerprint density at radius 3 is 2.56 bits per heavy atom. The van der Waals surface area contributed by atoms with Gasteiger partial charge in [0, 0.05) is 24.5 Å². The SMILES string of the molecule is CCNC(=NCc1nc(C(C)C)cs1)NCC(CC(C)C)NC(=O)OCC. The lowest BCUT2D eigenvalue weighted by molar-refractivity contribution is 0.146. The molecule has 0 saturated carbocycles. The van der Waals surface area contributed by atoms with Crippen molar-refractivity contribution < 1.29 is 9.53 Å². The highest BCUT2D eigenvalue weighted by atomic mass is 32.1. The van der Waals surface area contributed by atoms with Gasteiger partial charge in [-0.15, -0.1) is 11.3 Å². The lowest BCUT2D eigenvalue weighted by Gasteiger charge is -2.22. The van der Waals surface area contributed by atoms with Gasteiger partial charge < -0.3 is 20.7 Å². The van der Waals surface area contributed by atoms with Gasteiger partial charge in [-0.05, 0) is 32.1 Å². The van der Waals surface area contributed by atoms with Gasteiger partial charge in [-0.1, -0.05) is 27.7 Å². The van der Waals surface area contributed by atoms with Crippen molar-refractivity contribution in [3.63, 3.8) is 0 Å². The number of carbonyl (C=O) groups excluding carboxylic acids is 1. The molecule has 0 aliphatic heterocycles. The number of nitrogens with zero attached hydrogens (tertiary/aromatic N) is 2. The molecule has 0 saturated heterocycles. The fourth-order valence-corrected chi connectivity index (χ4v) is 3.35. The molecule has 154 valence electrons. The Labute approximate surface area is 167 Å². The van der Waals surface area contributed by atoms with Crippen LogP contribution < -0.4 is 16.0 Å². The van der Waals surface area contributed by atoms with Crippen LogP contribution in [0.15, 0.2) is 10.4 Å². The van der Waals surface area contributed by atoms with Crippen LogP contribution in [0.2, 0.25) is 0 Å². The Morgan fingerprint density at radius 2 is 2.00 bits per heavy atom. The molecule has 27 heavy (non-hydrogen) atoms. The van der Waals surface area contributed by atoms with E-state index < -0.39 is 0 Å². The van der Waals surface area contributed by atoms with Gasteiger partial charge in [0.25, 0.3) is 0 Å². The largest absolute Gasteiger partial charge is 0.450 e. The van der Waals surface area contributed by atoms with Crippen molar-refractivity contribution in [3.05, 3.63) is 16.1 Å². The lowest BCUT2D eigenvalue weighted by Crippen LogP contribution is -2.47. The number of nitrogens with one attached hydrogen (secondary N) is 3. The highest BCUT2D eigenvalue weighted by molar-refractivity contribution is 7.09. The maximum absolute atomic E-state index is 11.8. The Balaban J connectivity index is 2.66.